The van der Waals surface area contributed by atoms with Crippen molar-refractivity contribution in [1.29, 1.82) is 0 Å². The monoisotopic (exact) mass is 239 g/mol. The summed E-state index contributed by atoms with van der Waals surface area (Å²) in [5.74, 6) is -0.0275. The number of hydrogen-bond donors (Lipinski definition) is 0. The van der Waals surface area contributed by atoms with Crippen molar-refractivity contribution >= 4 is 11.8 Å². The number of esters is 1. The summed E-state index contributed by atoms with van der Waals surface area (Å²) in [5.41, 5.74) is 0.228. The first-order valence-corrected chi connectivity index (χ1v) is 6.27. The Hall–Kier alpha value is -0.860. The number of ether oxygens (including phenoxy) is 1. The van der Waals surface area contributed by atoms with Crippen LogP contribution in [0.3, 0.4) is 0 Å². The van der Waals surface area contributed by atoms with Gasteiger partial charge in [-0.05, 0) is 36.0 Å². The Balaban J connectivity index is 2.63. The van der Waals surface area contributed by atoms with Gasteiger partial charge in [-0.3, -0.25) is 4.79 Å². The zero-order valence-corrected chi connectivity index (χ0v) is 11.4. The standard InChI is InChI=1S/C14H23O3/c1-9(8-12(15)13(16)17-5)11-7-6-10(2)14(11,3)4/h8-11H,6-7H2,1-5H3/t9-,10-,11-/m1/s1. The Kier molecular flexibility index (Phi) is 4.34. The van der Waals surface area contributed by atoms with Crippen molar-refractivity contribution in [2.45, 2.75) is 40.5 Å². The lowest BCUT2D eigenvalue weighted by atomic mass is 9.70. The molecule has 0 unspecified atom stereocenters. The fourth-order valence-corrected chi connectivity index (χ4v) is 3.00. The molecule has 0 aromatic carbocycles. The SMILES string of the molecule is COC(=O)C(=O)[CH][C@@H](C)[C@H]1CC[C@@H](C)C1(C)C. The molecule has 0 spiro atoms. The van der Waals surface area contributed by atoms with Gasteiger partial charge < -0.3 is 4.74 Å². The van der Waals surface area contributed by atoms with Crippen molar-refractivity contribution in [2.24, 2.45) is 23.2 Å². The summed E-state index contributed by atoms with van der Waals surface area (Å²) in [4.78, 5) is 22.6. The smallest absolute Gasteiger partial charge is 0.374 e. The molecule has 3 atom stereocenters. The van der Waals surface area contributed by atoms with E-state index in [2.05, 4.69) is 25.5 Å². The van der Waals surface area contributed by atoms with Crippen molar-refractivity contribution in [1.82, 2.24) is 0 Å². The van der Waals surface area contributed by atoms with Crippen LogP contribution in [0.4, 0.5) is 0 Å². The molecule has 0 amide bonds. The molecule has 0 heterocycles. The number of carbonyl (C=O) groups is 2. The lowest BCUT2D eigenvalue weighted by molar-refractivity contribution is -0.150. The maximum absolute atomic E-state index is 11.5. The molecule has 3 heteroatoms. The number of rotatable bonds is 4. The van der Waals surface area contributed by atoms with Gasteiger partial charge in [-0.15, -0.1) is 0 Å². The number of hydrogen-bond acceptors (Lipinski definition) is 3. The van der Waals surface area contributed by atoms with Crippen LogP contribution in [-0.2, 0) is 14.3 Å². The zero-order valence-electron chi connectivity index (χ0n) is 11.4. The molecular weight excluding hydrogens is 216 g/mol. The number of carbonyl (C=O) groups excluding carboxylic acids is 2. The molecule has 1 saturated carbocycles. The Morgan fingerprint density at radius 2 is 1.94 bits per heavy atom. The minimum absolute atomic E-state index is 0.126. The summed E-state index contributed by atoms with van der Waals surface area (Å²) in [5, 5.41) is 0. The molecule has 0 aromatic heterocycles. The molecular formula is C14H23O3. The quantitative estimate of drug-likeness (QED) is 0.559. The van der Waals surface area contributed by atoms with Gasteiger partial charge in [-0.2, -0.15) is 0 Å². The van der Waals surface area contributed by atoms with Crippen LogP contribution in [0.25, 0.3) is 0 Å². The summed E-state index contributed by atoms with van der Waals surface area (Å²) in [6.07, 6.45) is 3.85. The van der Waals surface area contributed by atoms with Gasteiger partial charge >= 0.3 is 5.97 Å². The van der Waals surface area contributed by atoms with Gasteiger partial charge in [-0.1, -0.05) is 27.7 Å². The highest BCUT2D eigenvalue weighted by Crippen LogP contribution is 2.50. The van der Waals surface area contributed by atoms with E-state index in [0.717, 1.165) is 6.42 Å². The highest BCUT2D eigenvalue weighted by Gasteiger charge is 2.43. The molecule has 0 N–H and O–H groups in total. The Morgan fingerprint density at radius 1 is 1.35 bits per heavy atom. The molecule has 0 saturated heterocycles. The topological polar surface area (TPSA) is 43.4 Å². The molecule has 0 aromatic rings. The van der Waals surface area contributed by atoms with Gasteiger partial charge in [0.1, 0.15) is 0 Å². The van der Waals surface area contributed by atoms with Crippen molar-refractivity contribution < 1.29 is 14.3 Å². The average Bonchev–Trinajstić information content (AvgIpc) is 2.52. The number of methoxy groups -OCH3 is 1. The maximum Gasteiger partial charge on any atom is 0.374 e. The fraction of sp³-hybridized carbons (Fsp3) is 0.786. The van der Waals surface area contributed by atoms with Gasteiger partial charge in [0.05, 0.1) is 7.11 Å². The molecule has 0 aliphatic heterocycles. The van der Waals surface area contributed by atoms with Crippen LogP contribution in [0.1, 0.15) is 40.5 Å². The van der Waals surface area contributed by atoms with Gasteiger partial charge in [-0.25, -0.2) is 4.79 Å². The first-order chi connectivity index (χ1) is 7.80. The van der Waals surface area contributed by atoms with Crippen molar-refractivity contribution in [3.05, 3.63) is 6.42 Å². The Bertz CT molecular complexity index is 307. The van der Waals surface area contributed by atoms with Crippen molar-refractivity contribution in [3.8, 4) is 0 Å². The minimum atomic E-state index is -0.763. The summed E-state index contributed by atoms with van der Waals surface area (Å²) < 4.78 is 4.43. The Morgan fingerprint density at radius 3 is 2.35 bits per heavy atom. The zero-order chi connectivity index (χ0) is 13.2. The normalized spacial score (nSPS) is 28.8. The third-order valence-corrected chi connectivity index (χ3v) is 4.57. The molecule has 3 nitrogen and oxygen atoms in total. The van der Waals surface area contributed by atoms with Gasteiger partial charge in [0.15, 0.2) is 0 Å². The average molecular weight is 239 g/mol. The number of Topliss-reactive ketones (excluding diaryl/α,β-unsaturated/α-hetero) is 1. The lowest BCUT2D eigenvalue weighted by Gasteiger charge is -2.34. The van der Waals surface area contributed by atoms with E-state index in [1.54, 1.807) is 0 Å². The van der Waals surface area contributed by atoms with Crippen LogP contribution >= 0.6 is 0 Å². The third kappa shape index (κ3) is 2.88. The van der Waals surface area contributed by atoms with Crippen LogP contribution in [0.5, 0.6) is 0 Å². The first kappa shape index (κ1) is 14.2. The first-order valence-electron chi connectivity index (χ1n) is 6.27. The van der Waals surface area contributed by atoms with Crippen LogP contribution in [0, 0.1) is 29.6 Å². The van der Waals surface area contributed by atoms with Gasteiger partial charge in [0.2, 0.25) is 5.78 Å². The van der Waals surface area contributed by atoms with E-state index < -0.39 is 11.8 Å². The van der Waals surface area contributed by atoms with Crippen LogP contribution in [0.2, 0.25) is 0 Å². The van der Waals surface area contributed by atoms with E-state index in [9.17, 15) is 9.59 Å². The maximum atomic E-state index is 11.5. The molecule has 1 aliphatic carbocycles. The molecule has 1 fully saturated rings. The molecule has 17 heavy (non-hydrogen) atoms. The highest BCUT2D eigenvalue weighted by atomic mass is 16.5. The van der Waals surface area contributed by atoms with Crippen LogP contribution in [-0.4, -0.2) is 18.9 Å². The molecule has 1 radical (unpaired) electrons. The predicted octanol–water partition coefficient (Wildman–Crippen LogP) is 2.64. The minimum Gasteiger partial charge on any atom is -0.463 e. The van der Waals surface area contributed by atoms with E-state index in [1.165, 1.54) is 20.0 Å². The van der Waals surface area contributed by atoms with E-state index in [-0.39, 0.29) is 11.3 Å². The van der Waals surface area contributed by atoms with Crippen LogP contribution in [0.15, 0.2) is 0 Å². The molecule has 1 aliphatic rings. The van der Waals surface area contributed by atoms with Gasteiger partial charge in [0, 0.05) is 6.42 Å². The predicted molar refractivity (Wildman–Crippen MR) is 66.2 cm³/mol. The van der Waals surface area contributed by atoms with E-state index in [0.29, 0.717) is 11.8 Å². The van der Waals surface area contributed by atoms with Gasteiger partial charge in [0.25, 0.3) is 0 Å². The summed E-state index contributed by atoms with van der Waals surface area (Å²) in [6.45, 7) is 8.78. The lowest BCUT2D eigenvalue weighted by Crippen LogP contribution is -2.31. The third-order valence-electron chi connectivity index (χ3n) is 4.57. The largest absolute Gasteiger partial charge is 0.463 e. The second kappa shape index (κ2) is 5.19. The highest BCUT2D eigenvalue weighted by molar-refractivity contribution is 6.37. The summed E-state index contributed by atoms with van der Waals surface area (Å²) in [7, 11) is 1.24. The second-order valence-corrected chi connectivity index (χ2v) is 5.79. The molecule has 97 valence electrons. The van der Waals surface area contributed by atoms with E-state index in [4.69, 9.17) is 0 Å². The Labute approximate surface area is 104 Å². The fourth-order valence-electron chi connectivity index (χ4n) is 3.00. The number of ketones is 1. The van der Waals surface area contributed by atoms with E-state index in [1.807, 2.05) is 6.92 Å². The second-order valence-electron chi connectivity index (χ2n) is 5.79. The van der Waals surface area contributed by atoms with Crippen molar-refractivity contribution in [3.63, 3.8) is 0 Å². The molecule has 1 rings (SSSR count). The molecule has 0 bridgehead atoms. The summed E-state index contributed by atoms with van der Waals surface area (Å²) in [6, 6.07) is 0. The van der Waals surface area contributed by atoms with E-state index >= 15 is 0 Å². The van der Waals surface area contributed by atoms with Crippen LogP contribution < -0.4 is 0 Å². The van der Waals surface area contributed by atoms with Crippen molar-refractivity contribution in [2.75, 3.05) is 7.11 Å². The summed E-state index contributed by atoms with van der Waals surface area (Å²) >= 11 is 0.